The van der Waals surface area contributed by atoms with Crippen LogP contribution in [0.25, 0.3) is 0 Å². The third kappa shape index (κ3) is 5.16. The maximum atomic E-state index is 13.1. The second-order valence-electron chi connectivity index (χ2n) is 6.57. The summed E-state index contributed by atoms with van der Waals surface area (Å²) >= 11 is 1.48. The molecule has 1 saturated heterocycles. The van der Waals surface area contributed by atoms with Crippen LogP contribution in [0.3, 0.4) is 0 Å². The molecule has 0 aliphatic carbocycles. The van der Waals surface area contributed by atoms with Gasteiger partial charge in [0.15, 0.2) is 0 Å². The van der Waals surface area contributed by atoms with Gasteiger partial charge in [0.1, 0.15) is 25.0 Å². The van der Waals surface area contributed by atoms with Crippen LogP contribution in [-0.4, -0.2) is 61.0 Å². The lowest BCUT2D eigenvalue weighted by Gasteiger charge is -2.42. The fraction of sp³-hybridized carbons (Fsp3) is 0.529. The lowest BCUT2D eigenvalue weighted by atomic mass is 10.0. The number of sulfonamides is 1. The Balaban J connectivity index is 2.18. The number of hydrogen-bond donors (Lipinski definition) is 1. The Labute approximate surface area is 168 Å². The van der Waals surface area contributed by atoms with Gasteiger partial charge in [-0.15, -0.1) is 0 Å². The molecule has 28 heavy (non-hydrogen) atoms. The molecule has 1 atom stereocenters. The zero-order valence-electron chi connectivity index (χ0n) is 15.9. The number of carbonyl (C=O) groups is 2. The summed E-state index contributed by atoms with van der Waals surface area (Å²) in [5, 5.41) is 0. The van der Waals surface area contributed by atoms with E-state index in [-0.39, 0.29) is 24.7 Å². The van der Waals surface area contributed by atoms with E-state index in [1.54, 1.807) is 13.8 Å². The van der Waals surface area contributed by atoms with Crippen molar-refractivity contribution >= 4 is 33.7 Å². The monoisotopic (exact) mass is 432 g/mol. The van der Waals surface area contributed by atoms with E-state index in [4.69, 9.17) is 15.4 Å². The molecule has 2 rings (SSSR count). The molecule has 0 spiro atoms. The molecular formula is C17H24N2O7S2. The Morgan fingerprint density at radius 1 is 1.25 bits per heavy atom. The molecule has 11 heteroatoms. The molecule has 1 unspecified atom stereocenters. The summed E-state index contributed by atoms with van der Waals surface area (Å²) in [5.41, 5.74) is 0. The van der Waals surface area contributed by atoms with E-state index in [9.17, 15) is 18.0 Å². The Bertz CT molecular complexity index is 809. The van der Waals surface area contributed by atoms with Crippen LogP contribution in [0.1, 0.15) is 20.8 Å². The molecule has 1 fully saturated rings. The summed E-state index contributed by atoms with van der Waals surface area (Å²) < 4.78 is 36.8. The Morgan fingerprint density at radius 3 is 2.46 bits per heavy atom. The molecule has 0 amide bonds. The minimum Gasteiger partial charge on any atom is -0.490 e. The molecule has 0 bridgehead atoms. The first-order chi connectivity index (χ1) is 13.1. The van der Waals surface area contributed by atoms with E-state index in [2.05, 4.69) is 4.84 Å². The molecule has 1 aliphatic heterocycles. The van der Waals surface area contributed by atoms with Crippen LogP contribution < -0.4 is 10.6 Å². The number of ether oxygens (including phenoxy) is 2. The molecule has 0 radical (unpaired) electrons. The van der Waals surface area contributed by atoms with E-state index in [0.29, 0.717) is 11.5 Å². The Kier molecular flexibility index (Phi) is 7.32. The van der Waals surface area contributed by atoms with Crippen LogP contribution in [0.5, 0.6) is 5.75 Å². The maximum absolute atomic E-state index is 13.1. The third-order valence-corrected chi connectivity index (χ3v) is 7.39. The lowest BCUT2D eigenvalue weighted by molar-refractivity contribution is -0.149. The second kappa shape index (κ2) is 9.12. The van der Waals surface area contributed by atoms with Crippen LogP contribution in [-0.2, 0) is 29.2 Å². The first kappa shape index (κ1) is 22.5. The normalized spacial score (nSPS) is 19.6. The molecule has 2 N–H and O–H groups in total. The van der Waals surface area contributed by atoms with Crippen molar-refractivity contribution in [1.29, 1.82) is 0 Å². The van der Waals surface area contributed by atoms with Gasteiger partial charge in [-0.1, -0.05) is 0 Å². The fourth-order valence-electron chi connectivity index (χ4n) is 2.87. The van der Waals surface area contributed by atoms with E-state index in [0.717, 1.165) is 4.31 Å². The zero-order valence-corrected chi connectivity index (χ0v) is 17.5. The smallest absolute Gasteiger partial charge is 0.344 e. The quantitative estimate of drug-likeness (QED) is 0.380. The molecule has 156 valence electrons. The molecule has 0 aromatic heterocycles. The number of hydrogen-bond acceptors (Lipinski definition) is 9. The van der Waals surface area contributed by atoms with Crippen LogP contribution in [0, 0.1) is 0 Å². The second-order valence-corrected chi connectivity index (χ2v) is 10.2. The van der Waals surface area contributed by atoms with E-state index >= 15 is 0 Å². The van der Waals surface area contributed by atoms with Crippen molar-refractivity contribution in [2.45, 2.75) is 36.5 Å². The van der Waals surface area contributed by atoms with Gasteiger partial charge in [-0.25, -0.2) is 13.2 Å². The summed E-state index contributed by atoms with van der Waals surface area (Å²) in [7, 11) is -3.95. The average Bonchev–Trinajstić information content (AvgIpc) is 2.64. The summed E-state index contributed by atoms with van der Waals surface area (Å²) in [6.45, 7) is 5.26. The highest BCUT2D eigenvalue weighted by atomic mass is 32.2. The highest BCUT2D eigenvalue weighted by molar-refractivity contribution is 8.00. The van der Waals surface area contributed by atoms with Crippen LogP contribution in [0.15, 0.2) is 29.2 Å². The largest absolute Gasteiger partial charge is 0.490 e. The van der Waals surface area contributed by atoms with Gasteiger partial charge in [-0.2, -0.15) is 22.0 Å². The average molecular weight is 433 g/mol. The van der Waals surface area contributed by atoms with Crippen molar-refractivity contribution in [2.24, 2.45) is 5.90 Å². The molecular weight excluding hydrogens is 408 g/mol. The minimum absolute atomic E-state index is 0.0253. The van der Waals surface area contributed by atoms with Crippen molar-refractivity contribution in [3.05, 3.63) is 24.3 Å². The molecule has 1 aliphatic rings. The Hall–Kier alpha value is -1.82. The number of nitrogens with two attached hydrogens (primary N) is 1. The first-order valence-electron chi connectivity index (χ1n) is 8.52. The van der Waals surface area contributed by atoms with E-state index in [1.807, 2.05) is 0 Å². The number of esters is 1. The van der Waals surface area contributed by atoms with E-state index in [1.165, 1.54) is 43.0 Å². The maximum Gasteiger partial charge on any atom is 0.344 e. The highest BCUT2D eigenvalue weighted by Gasteiger charge is 2.49. The Morgan fingerprint density at radius 2 is 1.89 bits per heavy atom. The molecule has 1 heterocycles. The van der Waals surface area contributed by atoms with Gasteiger partial charge in [0.25, 0.3) is 0 Å². The van der Waals surface area contributed by atoms with Gasteiger partial charge in [0.2, 0.25) is 10.0 Å². The van der Waals surface area contributed by atoms with Gasteiger partial charge < -0.3 is 14.3 Å². The number of carbonyl (C=O) groups excluding carboxylic acids is 2. The van der Waals surface area contributed by atoms with Gasteiger partial charge in [-0.05, 0) is 38.1 Å². The van der Waals surface area contributed by atoms with Crippen LogP contribution in [0.4, 0.5) is 0 Å². The van der Waals surface area contributed by atoms with Crippen molar-refractivity contribution in [3.63, 3.8) is 0 Å². The zero-order chi connectivity index (χ0) is 20.9. The first-order valence-corrected chi connectivity index (χ1v) is 10.9. The van der Waals surface area contributed by atoms with Crippen molar-refractivity contribution in [1.82, 2.24) is 4.31 Å². The summed E-state index contributed by atoms with van der Waals surface area (Å²) in [5.74, 6) is 4.80. The molecule has 1 aromatic rings. The predicted molar refractivity (Wildman–Crippen MR) is 103 cm³/mol. The van der Waals surface area contributed by atoms with Gasteiger partial charge in [0.05, 0.1) is 4.90 Å². The minimum atomic E-state index is -3.95. The summed E-state index contributed by atoms with van der Waals surface area (Å²) in [6.07, 6.45) is 0. The number of nitrogens with zero attached hydrogens (tertiary/aromatic N) is 1. The molecule has 1 aromatic carbocycles. The van der Waals surface area contributed by atoms with Crippen LogP contribution >= 0.6 is 11.8 Å². The number of benzene rings is 1. The highest BCUT2D eigenvalue weighted by Crippen LogP contribution is 2.38. The van der Waals surface area contributed by atoms with Gasteiger partial charge in [0, 0.05) is 24.0 Å². The van der Waals surface area contributed by atoms with Crippen molar-refractivity contribution in [2.75, 3.05) is 25.5 Å². The lowest BCUT2D eigenvalue weighted by Crippen LogP contribution is -2.59. The van der Waals surface area contributed by atoms with Gasteiger partial charge >= 0.3 is 11.9 Å². The van der Waals surface area contributed by atoms with Crippen molar-refractivity contribution in [3.8, 4) is 5.75 Å². The molecule has 9 nitrogen and oxygen atoms in total. The standard InChI is InChI=1S/C17H24N2O7S2/c1-12(20)24-9-10-25-13-4-6-14(7-5-13)28(22,23)19-8-11-27-17(2,3)15(19)16(21)26-18/h4-7,15H,8-11,18H2,1-3H3. The van der Waals surface area contributed by atoms with E-state index < -0.39 is 32.8 Å². The van der Waals surface area contributed by atoms with Gasteiger partial charge in [-0.3, -0.25) is 4.79 Å². The number of rotatable bonds is 7. The summed E-state index contributed by atoms with van der Waals surface area (Å²) in [4.78, 5) is 27.3. The number of thioether (sulfide) groups is 1. The summed E-state index contributed by atoms with van der Waals surface area (Å²) in [6, 6.07) is 4.76. The molecule has 0 saturated carbocycles. The van der Waals surface area contributed by atoms with Crippen LogP contribution in [0.2, 0.25) is 0 Å². The van der Waals surface area contributed by atoms with Crippen molar-refractivity contribution < 1.29 is 32.3 Å². The topological polar surface area (TPSA) is 125 Å². The third-order valence-electron chi connectivity index (χ3n) is 4.16. The fourth-order valence-corrected chi connectivity index (χ4v) is 5.95. The SMILES string of the molecule is CC(=O)OCCOc1ccc(S(=O)(=O)N2CCSC(C)(C)C2C(=O)ON)cc1. The predicted octanol–water partition coefficient (Wildman–Crippen LogP) is 0.930.